The second-order valence-electron chi connectivity index (χ2n) is 9.91. The van der Waals surface area contributed by atoms with Crippen molar-refractivity contribution < 1.29 is 0 Å². The van der Waals surface area contributed by atoms with Crippen molar-refractivity contribution in [3.63, 3.8) is 0 Å². The number of aromatic nitrogens is 3. The molecule has 3 nitrogen and oxygen atoms in total. The SMILES string of the molecule is c1ccc(-c2nc(-c3ccc(-c4ccc(-n5ccc6ccccc65)cc4)cc3)nc3sc4ccccc4c23)cc1. The van der Waals surface area contributed by atoms with E-state index in [9.17, 15) is 0 Å². The van der Waals surface area contributed by atoms with E-state index in [0.29, 0.717) is 0 Å². The highest BCUT2D eigenvalue weighted by molar-refractivity contribution is 7.25. The van der Waals surface area contributed by atoms with Crippen LogP contribution in [-0.4, -0.2) is 14.5 Å². The van der Waals surface area contributed by atoms with Gasteiger partial charge in [0, 0.05) is 38.5 Å². The van der Waals surface area contributed by atoms with Gasteiger partial charge in [0.15, 0.2) is 5.82 Å². The van der Waals surface area contributed by atoms with Gasteiger partial charge in [-0.15, -0.1) is 11.3 Å². The summed E-state index contributed by atoms with van der Waals surface area (Å²) in [6.07, 6.45) is 2.13. The molecule has 0 amide bonds. The minimum Gasteiger partial charge on any atom is -0.317 e. The maximum absolute atomic E-state index is 5.12. The summed E-state index contributed by atoms with van der Waals surface area (Å²) >= 11 is 1.73. The van der Waals surface area contributed by atoms with Gasteiger partial charge in [-0.1, -0.05) is 103 Å². The summed E-state index contributed by atoms with van der Waals surface area (Å²) < 4.78 is 3.46. The summed E-state index contributed by atoms with van der Waals surface area (Å²) in [6, 6.07) is 46.9. The number of thiophene rings is 1. The van der Waals surface area contributed by atoms with Crippen LogP contribution in [0.25, 0.3) is 70.7 Å². The van der Waals surface area contributed by atoms with Crippen molar-refractivity contribution in [2.75, 3.05) is 0 Å². The smallest absolute Gasteiger partial charge is 0.161 e. The Hall–Kier alpha value is -5.06. The zero-order valence-electron chi connectivity index (χ0n) is 21.5. The normalized spacial score (nSPS) is 11.5. The monoisotopic (exact) mass is 529 g/mol. The van der Waals surface area contributed by atoms with Crippen molar-refractivity contribution in [1.29, 1.82) is 0 Å². The molecule has 3 heterocycles. The van der Waals surface area contributed by atoms with E-state index >= 15 is 0 Å². The molecule has 188 valence electrons. The third-order valence-corrected chi connectivity index (χ3v) is 8.57. The molecule has 4 heteroatoms. The van der Waals surface area contributed by atoms with Crippen LogP contribution in [0, 0.1) is 0 Å². The fourth-order valence-corrected chi connectivity index (χ4v) is 6.57. The zero-order chi connectivity index (χ0) is 26.5. The molecule has 0 saturated carbocycles. The van der Waals surface area contributed by atoms with Gasteiger partial charge in [0.05, 0.1) is 11.2 Å². The van der Waals surface area contributed by atoms with Crippen molar-refractivity contribution in [2.24, 2.45) is 0 Å². The molecular formula is C36H23N3S. The number of rotatable bonds is 4. The molecule has 0 atom stereocenters. The lowest BCUT2D eigenvalue weighted by Gasteiger charge is -2.09. The van der Waals surface area contributed by atoms with Gasteiger partial charge in [0.2, 0.25) is 0 Å². The van der Waals surface area contributed by atoms with E-state index in [1.54, 1.807) is 11.3 Å². The summed E-state index contributed by atoms with van der Waals surface area (Å²) in [5, 5.41) is 3.58. The van der Waals surface area contributed by atoms with Crippen LogP contribution < -0.4 is 0 Å². The Morgan fingerprint density at radius 3 is 2.02 bits per heavy atom. The number of hydrogen-bond donors (Lipinski definition) is 0. The first-order valence-electron chi connectivity index (χ1n) is 13.3. The predicted octanol–water partition coefficient (Wildman–Crippen LogP) is 9.79. The molecule has 3 aromatic heterocycles. The fraction of sp³-hybridized carbons (Fsp3) is 0. The van der Waals surface area contributed by atoms with Crippen molar-refractivity contribution in [1.82, 2.24) is 14.5 Å². The lowest BCUT2D eigenvalue weighted by Crippen LogP contribution is -1.94. The van der Waals surface area contributed by atoms with E-state index in [4.69, 9.17) is 9.97 Å². The van der Waals surface area contributed by atoms with Gasteiger partial charge in [-0.05, 0) is 46.8 Å². The average molecular weight is 530 g/mol. The molecule has 0 fully saturated rings. The Labute approximate surface area is 235 Å². The molecule has 8 rings (SSSR count). The van der Waals surface area contributed by atoms with Crippen LogP contribution in [0.3, 0.4) is 0 Å². The first-order valence-corrected chi connectivity index (χ1v) is 14.2. The summed E-state index contributed by atoms with van der Waals surface area (Å²) in [5.41, 5.74) is 7.81. The van der Waals surface area contributed by atoms with Crippen LogP contribution in [0.1, 0.15) is 0 Å². The zero-order valence-corrected chi connectivity index (χ0v) is 22.3. The molecule has 5 aromatic carbocycles. The summed E-state index contributed by atoms with van der Waals surface area (Å²) in [6.45, 7) is 0. The largest absolute Gasteiger partial charge is 0.317 e. The Bertz CT molecular complexity index is 2140. The topological polar surface area (TPSA) is 30.7 Å². The first-order chi connectivity index (χ1) is 19.8. The van der Waals surface area contributed by atoms with Gasteiger partial charge in [0.25, 0.3) is 0 Å². The second kappa shape index (κ2) is 9.30. The molecule has 0 aliphatic carbocycles. The van der Waals surface area contributed by atoms with Crippen molar-refractivity contribution in [3.05, 3.63) is 140 Å². The van der Waals surface area contributed by atoms with E-state index in [2.05, 4.69) is 138 Å². The van der Waals surface area contributed by atoms with E-state index in [1.165, 1.54) is 32.1 Å². The van der Waals surface area contributed by atoms with Crippen LogP contribution in [0.5, 0.6) is 0 Å². The van der Waals surface area contributed by atoms with E-state index in [1.807, 2.05) is 6.07 Å². The molecule has 0 radical (unpaired) electrons. The summed E-state index contributed by atoms with van der Waals surface area (Å²) in [4.78, 5) is 11.2. The lowest BCUT2D eigenvalue weighted by molar-refractivity contribution is 1.13. The van der Waals surface area contributed by atoms with Crippen molar-refractivity contribution >= 4 is 42.5 Å². The molecule has 8 aromatic rings. The van der Waals surface area contributed by atoms with Crippen LogP contribution >= 0.6 is 11.3 Å². The quantitative estimate of drug-likeness (QED) is 0.227. The van der Waals surface area contributed by atoms with E-state index in [0.717, 1.165) is 38.5 Å². The molecule has 0 aliphatic rings. The molecule has 0 saturated heterocycles. The van der Waals surface area contributed by atoms with Crippen LogP contribution in [0.2, 0.25) is 0 Å². The second-order valence-corrected chi connectivity index (χ2v) is 10.9. The Morgan fingerprint density at radius 2 is 1.20 bits per heavy atom. The highest BCUT2D eigenvalue weighted by atomic mass is 32.1. The molecule has 0 bridgehead atoms. The molecular weight excluding hydrogens is 506 g/mol. The Balaban J connectivity index is 1.17. The van der Waals surface area contributed by atoms with Gasteiger partial charge in [-0.3, -0.25) is 0 Å². The van der Waals surface area contributed by atoms with Gasteiger partial charge >= 0.3 is 0 Å². The molecule has 0 N–H and O–H groups in total. The third kappa shape index (κ3) is 3.81. The molecule has 0 spiro atoms. The summed E-state index contributed by atoms with van der Waals surface area (Å²) in [7, 11) is 0. The molecule has 0 unspecified atom stereocenters. The van der Waals surface area contributed by atoms with Gasteiger partial charge in [-0.2, -0.15) is 0 Å². The number of nitrogens with zero attached hydrogens (tertiary/aromatic N) is 3. The highest BCUT2D eigenvalue weighted by Crippen LogP contribution is 2.39. The minimum atomic E-state index is 0.749. The minimum absolute atomic E-state index is 0.749. The fourth-order valence-electron chi connectivity index (χ4n) is 5.49. The third-order valence-electron chi connectivity index (χ3n) is 7.51. The van der Waals surface area contributed by atoms with Gasteiger partial charge < -0.3 is 4.57 Å². The highest BCUT2D eigenvalue weighted by Gasteiger charge is 2.16. The maximum Gasteiger partial charge on any atom is 0.161 e. The lowest BCUT2D eigenvalue weighted by atomic mass is 10.0. The predicted molar refractivity (Wildman–Crippen MR) is 168 cm³/mol. The standard InChI is InChI=1S/C36H23N3S/c1-2-9-27(10-3-1)34-33-30-11-5-7-13-32(30)40-36(33)38-35(37-34)28-16-14-24(15-17-28)25-18-20-29(21-19-25)39-23-22-26-8-4-6-12-31(26)39/h1-23H. The summed E-state index contributed by atoms with van der Waals surface area (Å²) in [5.74, 6) is 0.749. The van der Waals surface area contributed by atoms with Crippen LogP contribution in [0.15, 0.2) is 140 Å². The number of benzene rings is 5. The number of para-hydroxylation sites is 1. The van der Waals surface area contributed by atoms with Gasteiger partial charge in [0.1, 0.15) is 4.83 Å². The number of hydrogen-bond acceptors (Lipinski definition) is 3. The maximum atomic E-state index is 5.12. The van der Waals surface area contributed by atoms with Crippen molar-refractivity contribution in [2.45, 2.75) is 0 Å². The first kappa shape index (κ1) is 22.9. The van der Waals surface area contributed by atoms with Gasteiger partial charge in [-0.25, -0.2) is 9.97 Å². The number of fused-ring (bicyclic) bond motifs is 4. The Morgan fingerprint density at radius 1 is 0.525 bits per heavy atom. The van der Waals surface area contributed by atoms with Crippen LogP contribution in [-0.2, 0) is 0 Å². The Kier molecular flexibility index (Phi) is 5.32. The van der Waals surface area contributed by atoms with E-state index < -0.39 is 0 Å². The average Bonchev–Trinajstić information content (AvgIpc) is 3.63. The molecule has 0 aliphatic heterocycles. The van der Waals surface area contributed by atoms with E-state index in [-0.39, 0.29) is 0 Å². The van der Waals surface area contributed by atoms with Crippen molar-refractivity contribution in [3.8, 4) is 39.5 Å². The molecule has 40 heavy (non-hydrogen) atoms. The van der Waals surface area contributed by atoms with Crippen LogP contribution in [0.4, 0.5) is 0 Å².